The Hall–Kier alpha value is -2.40. The van der Waals surface area contributed by atoms with Gasteiger partial charge in [-0.25, -0.2) is 13.1 Å². The second-order valence-corrected chi connectivity index (χ2v) is 8.97. The van der Waals surface area contributed by atoms with Gasteiger partial charge in [-0.3, -0.25) is 4.99 Å². The number of hydrogen-bond acceptors (Lipinski definition) is 4. The minimum Gasteiger partial charge on any atom is -0.356 e. The number of nitrogens with zero attached hydrogens (tertiary/aromatic N) is 3. The summed E-state index contributed by atoms with van der Waals surface area (Å²) in [5, 5.41) is 10.8. The van der Waals surface area contributed by atoms with E-state index in [0.29, 0.717) is 11.4 Å². The molecule has 0 fully saturated rings. The summed E-state index contributed by atoms with van der Waals surface area (Å²) in [5.41, 5.74) is 3.35. The monoisotopic (exact) mass is 553 g/mol. The summed E-state index contributed by atoms with van der Waals surface area (Å²) in [4.78, 5) is 4.59. The molecule has 2 N–H and O–H groups in total. The van der Waals surface area contributed by atoms with Crippen LogP contribution >= 0.6 is 24.0 Å². The molecular weight excluding hydrogens is 525 g/mol. The molecule has 1 aromatic heterocycles. The number of guanidine groups is 1. The fourth-order valence-corrected chi connectivity index (χ4v) is 3.64. The molecule has 0 amide bonds. The third-order valence-electron chi connectivity index (χ3n) is 4.69. The summed E-state index contributed by atoms with van der Waals surface area (Å²) in [5.74, 6) is 0.746. The third-order valence-corrected chi connectivity index (χ3v) is 5.82. The van der Waals surface area contributed by atoms with Gasteiger partial charge in [-0.15, -0.1) is 24.0 Å². The zero-order valence-electron chi connectivity index (χ0n) is 17.7. The van der Waals surface area contributed by atoms with Crippen LogP contribution in [0.4, 0.5) is 0 Å². The molecule has 0 bridgehead atoms. The quantitative estimate of drug-likeness (QED) is 0.255. The van der Waals surface area contributed by atoms with Crippen molar-refractivity contribution < 1.29 is 8.42 Å². The van der Waals surface area contributed by atoms with Crippen LogP contribution < -0.4 is 10.6 Å². The molecule has 166 valence electrons. The topological polar surface area (TPSA) is 88.4 Å². The number of aliphatic imine (C=N–C) groups is 1. The number of sulfone groups is 1. The summed E-state index contributed by atoms with van der Waals surface area (Å²) in [6.45, 7) is 1.47. The Labute approximate surface area is 200 Å². The van der Waals surface area contributed by atoms with Crippen LogP contribution in [0.25, 0.3) is 5.69 Å². The fraction of sp³-hybridized carbons (Fsp3) is 0.273. The van der Waals surface area contributed by atoms with Crippen LogP contribution in [-0.2, 0) is 22.7 Å². The summed E-state index contributed by atoms with van der Waals surface area (Å²) in [7, 11) is -1.41. The Morgan fingerprint density at radius 1 is 0.968 bits per heavy atom. The first-order valence-electron chi connectivity index (χ1n) is 9.78. The Morgan fingerprint density at radius 2 is 1.52 bits per heavy atom. The van der Waals surface area contributed by atoms with Gasteiger partial charge < -0.3 is 10.6 Å². The van der Waals surface area contributed by atoms with Crippen molar-refractivity contribution in [3.05, 3.63) is 78.1 Å². The van der Waals surface area contributed by atoms with Gasteiger partial charge in [0.15, 0.2) is 15.8 Å². The highest BCUT2D eigenvalue weighted by molar-refractivity contribution is 14.0. The molecule has 1 heterocycles. The lowest BCUT2D eigenvalue weighted by atomic mass is 10.1. The van der Waals surface area contributed by atoms with Gasteiger partial charge in [0.05, 0.1) is 10.6 Å². The summed E-state index contributed by atoms with van der Waals surface area (Å²) in [6.07, 6.45) is 6.56. The van der Waals surface area contributed by atoms with Gasteiger partial charge in [0.2, 0.25) is 0 Å². The lowest BCUT2D eigenvalue weighted by Gasteiger charge is -2.12. The third kappa shape index (κ3) is 7.66. The largest absolute Gasteiger partial charge is 0.356 e. The first-order chi connectivity index (χ1) is 14.5. The summed E-state index contributed by atoms with van der Waals surface area (Å²) in [6, 6.07) is 17.2. The number of benzene rings is 2. The van der Waals surface area contributed by atoms with Crippen LogP contribution in [0.1, 0.15) is 11.1 Å². The molecule has 0 radical (unpaired) electrons. The maximum Gasteiger partial charge on any atom is 0.190 e. The van der Waals surface area contributed by atoms with Gasteiger partial charge >= 0.3 is 0 Å². The number of nitrogens with one attached hydrogen (secondary N) is 2. The van der Waals surface area contributed by atoms with Crippen LogP contribution in [0, 0.1) is 0 Å². The molecule has 0 unspecified atom stereocenters. The molecule has 0 saturated heterocycles. The lowest BCUT2D eigenvalue weighted by Crippen LogP contribution is -2.39. The molecule has 31 heavy (non-hydrogen) atoms. The molecule has 0 spiro atoms. The second-order valence-electron chi connectivity index (χ2n) is 6.96. The van der Waals surface area contributed by atoms with E-state index in [1.807, 2.05) is 29.1 Å². The Bertz CT molecular complexity index is 1060. The maximum absolute atomic E-state index is 11.5. The summed E-state index contributed by atoms with van der Waals surface area (Å²) < 4.78 is 24.9. The smallest absolute Gasteiger partial charge is 0.190 e. The van der Waals surface area contributed by atoms with Gasteiger partial charge in [0.25, 0.3) is 0 Å². The van der Waals surface area contributed by atoms with Crippen molar-refractivity contribution in [2.24, 2.45) is 4.99 Å². The van der Waals surface area contributed by atoms with Gasteiger partial charge in [-0.05, 0) is 54.3 Å². The average molecular weight is 553 g/mol. The van der Waals surface area contributed by atoms with E-state index in [1.165, 1.54) is 11.8 Å². The first-order valence-corrected chi connectivity index (χ1v) is 11.7. The zero-order chi connectivity index (χ0) is 21.4. The van der Waals surface area contributed by atoms with Crippen molar-refractivity contribution in [3.8, 4) is 5.69 Å². The number of aromatic nitrogens is 2. The van der Waals surface area contributed by atoms with E-state index >= 15 is 0 Å². The highest BCUT2D eigenvalue weighted by atomic mass is 127. The van der Waals surface area contributed by atoms with Gasteiger partial charge in [-0.2, -0.15) is 5.10 Å². The molecule has 3 rings (SSSR count). The molecule has 0 aliphatic heterocycles. The SMILES string of the molecule is CN=C(NCCc1ccc(-n2cccn2)cc1)NCCc1ccc(S(C)(=O)=O)cc1.I. The molecule has 0 atom stereocenters. The van der Waals surface area contributed by atoms with Crippen molar-refractivity contribution in [1.82, 2.24) is 20.4 Å². The van der Waals surface area contributed by atoms with E-state index in [-0.39, 0.29) is 24.0 Å². The molecule has 9 heteroatoms. The van der Waals surface area contributed by atoms with Crippen molar-refractivity contribution in [1.29, 1.82) is 0 Å². The zero-order valence-corrected chi connectivity index (χ0v) is 20.8. The van der Waals surface area contributed by atoms with Gasteiger partial charge in [0.1, 0.15) is 0 Å². The van der Waals surface area contributed by atoms with E-state index in [1.54, 1.807) is 25.4 Å². The number of halogens is 1. The maximum atomic E-state index is 11.5. The first kappa shape index (κ1) is 24.9. The van der Waals surface area contributed by atoms with E-state index in [2.05, 4.69) is 45.0 Å². The minimum absolute atomic E-state index is 0. The van der Waals surface area contributed by atoms with Crippen molar-refractivity contribution in [3.63, 3.8) is 0 Å². The molecule has 0 aliphatic rings. The lowest BCUT2D eigenvalue weighted by molar-refractivity contribution is 0.602. The van der Waals surface area contributed by atoms with E-state index < -0.39 is 9.84 Å². The average Bonchev–Trinajstić information content (AvgIpc) is 3.28. The Morgan fingerprint density at radius 3 is 1.97 bits per heavy atom. The van der Waals surface area contributed by atoms with Gasteiger partial charge in [-0.1, -0.05) is 24.3 Å². The Kier molecular flexibility index (Phi) is 9.50. The van der Waals surface area contributed by atoms with Crippen LogP contribution in [-0.4, -0.2) is 50.6 Å². The minimum atomic E-state index is -3.15. The highest BCUT2D eigenvalue weighted by Gasteiger charge is 2.06. The van der Waals surface area contributed by atoms with Crippen LogP contribution in [0.5, 0.6) is 0 Å². The molecule has 7 nitrogen and oxygen atoms in total. The molecule has 2 aromatic carbocycles. The van der Waals surface area contributed by atoms with Crippen molar-refractivity contribution in [2.75, 3.05) is 26.4 Å². The fourth-order valence-electron chi connectivity index (χ4n) is 3.01. The predicted molar refractivity (Wildman–Crippen MR) is 135 cm³/mol. The second kappa shape index (κ2) is 11.8. The van der Waals surface area contributed by atoms with Crippen molar-refractivity contribution in [2.45, 2.75) is 17.7 Å². The van der Waals surface area contributed by atoms with E-state index in [9.17, 15) is 8.42 Å². The number of rotatable bonds is 8. The molecule has 0 aliphatic carbocycles. The van der Waals surface area contributed by atoms with E-state index in [4.69, 9.17) is 0 Å². The molecular formula is C22H28IN5O2S. The van der Waals surface area contributed by atoms with Crippen molar-refractivity contribution >= 4 is 39.8 Å². The van der Waals surface area contributed by atoms with E-state index in [0.717, 1.165) is 36.6 Å². The Balaban J connectivity index is 0.00000341. The molecule has 0 saturated carbocycles. The highest BCUT2D eigenvalue weighted by Crippen LogP contribution is 2.11. The predicted octanol–water partition coefficient (Wildman–Crippen LogP) is 2.84. The summed E-state index contributed by atoms with van der Waals surface area (Å²) >= 11 is 0. The number of hydrogen-bond donors (Lipinski definition) is 2. The van der Waals surface area contributed by atoms with Crippen LogP contribution in [0.15, 0.2) is 76.9 Å². The van der Waals surface area contributed by atoms with Crippen LogP contribution in [0.2, 0.25) is 0 Å². The van der Waals surface area contributed by atoms with Crippen LogP contribution in [0.3, 0.4) is 0 Å². The normalized spacial score (nSPS) is 11.6. The van der Waals surface area contributed by atoms with Gasteiger partial charge in [0, 0.05) is 38.8 Å². The molecule has 3 aromatic rings. The standard InChI is InChI=1S/C22H27N5O2S.HI/c1-23-22(25-16-13-19-6-10-21(11-7-19)30(2,28)29)24-15-12-18-4-8-20(9-5-18)27-17-3-14-26-27;/h3-11,14,17H,12-13,15-16H2,1-2H3,(H2,23,24,25);1H.